The second-order valence-corrected chi connectivity index (χ2v) is 10.6. The summed E-state index contributed by atoms with van der Waals surface area (Å²) in [6.45, 7) is 1.46. The van der Waals surface area contributed by atoms with E-state index in [-0.39, 0.29) is 17.4 Å². The van der Waals surface area contributed by atoms with E-state index in [1.54, 1.807) is 4.90 Å². The van der Waals surface area contributed by atoms with Gasteiger partial charge in [0.25, 0.3) is 0 Å². The minimum Gasteiger partial charge on any atom is -0.339 e. The monoisotopic (exact) mass is 470 g/mol. The fraction of sp³-hybridized carbons (Fsp3) is 0.304. The third-order valence-electron chi connectivity index (χ3n) is 5.52. The molecule has 1 fully saturated rings. The predicted octanol–water partition coefficient (Wildman–Crippen LogP) is 2.85. The van der Waals surface area contributed by atoms with E-state index in [1.165, 1.54) is 16.1 Å². The van der Waals surface area contributed by atoms with Crippen molar-refractivity contribution in [3.63, 3.8) is 0 Å². The Morgan fingerprint density at radius 3 is 2.25 bits per heavy atom. The summed E-state index contributed by atoms with van der Waals surface area (Å²) in [5.41, 5.74) is 2.85. The fourth-order valence-corrected chi connectivity index (χ4v) is 6.08. The van der Waals surface area contributed by atoms with Crippen molar-refractivity contribution in [1.82, 2.24) is 18.8 Å². The maximum atomic E-state index is 12.7. The summed E-state index contributed by atoms with van der Waals surface area (Å²) in [5, 5.41) is 0.779. The smallest absolute Gasteiger partial charge is 0.233 e. The van der Waals surface area contributed by atoms with Gasteiger partial charge in [0, 0.05) is 33.2 Å². The zero-order valence-electron chi connectivity index (χ0n) is 17.9. The molecule has 1 amide bonds. The van der Waals surface area contributed by atoms with Crippen molar-refractivity contribution < 1.29 is 13.2 Å². The number of nitrogens with zero attached hydrogens (tertiary/aromatic N) is 4. The molecule has 7 nitrogen and oxygen atoms in total. The highest BCUT2D eigenvalue weighted by Crippen LogP contribution is 2.25. The highest BCUT2D eigenvalue weighted by atomic mass is 32.2. The molecule has 0 bridgehead atoms. The van der Waals surface area contributed by atoms with Gasteiger partial charge in [-0.2, -0.15) is 4.31 Å². The van der Waals surface area contributed by atoms with Gasteiger partial charge in [-0.3, -0.25) is 4.79 Å². The first-order valence-electron chi connectivity index (χ1n) is 10.4. The Hall–Kier alpha value is -2.62. The van der Waals surface area contributed by atoms with Crippen LogP contribution in [0.15, 0.2) is 72.0 Å². The first kappa shape index (κ1) is 22.6. The van der Waals surface area contributed by atoms with Gasteiger partial charge in [-0.25, -0.2) is 13.4 Å². The number of hydrogen-bond donors (Lipinski definition) is 0. The van der Waals surface area contributed by atoms with Crippen LogP contribution in [0, 0.1) is 0 Å². The maximum absolute atomic E-state index is 12.7. The normalized spacial score (nSPS) is 15.1. The summed E-state index contributed by atoms with van der Waals surface area (Å²) in [7, 11) is -1.45. The summed E-state index contributed by atoms with van der Waals surface area (Å²) in [6.07, 6.45) is 1.82. The number of sulfonamides is 1. The molecule has 0 radical (unpaired) electrons. The van der Waals surface area contributed by atoms with E-state index >= 15 is 0 Å². The Labute approximate surface area is 193 Å². The number of carbonyl (C=O) groups is 1. The number of rotatable bonds is 7. The zero-order chi connectivity index (χ0) is 22.6. The van der Waals surface area contributed by atoms with Gasteiger partial charge in [-0.1, -0.05) is 72.4 Å². The SMILES string of the molecule is Cn1c(-c2ccccc2)cnc1SCC(=O)N1CCN(S(=O)(=O)Cc2ccccc2)CC1. The van der Waals surface area contributed by atoms with Gasteiger partial charge >= 0.3 is 0 Å². The third-order valence-corrected chi connectivity index (χ3v) is 8.40. The van der Waals surface area contributed by atoms with Crippen molar-refractivity contribution in [2.45, 2.75) is 10.9 Å². The Bertz CT molecular complexity index is 1160. The topological polar surface area (TPSA) is 75.5 Å². The molecule has 32 heavy (non-hydrogen) atoms. The van der Waals surface area contributed by atoms with E-state index in [0.717, 1.165) is 22.0 Å². The largest absolute Gasteiger partial charge is 0.339 e. The van der Waals surface area contributed by atoms with Gasteiger partial charge in [0.15, 0.2) is 5.16 Å². The molecular weight excluding hydrogens is 444 g/mol. The van der Waals surface area contributed by atoms with E-state index in [4.69, 9.17) is 0 Å². The van der Waals surface area contributed by atoms with Crippen molar-refractivity contribution in [3.8, 4) is 11.3 Å². The molecule has 0 spiro atoms. The molecule has 2 heterocycles. The van der Waals surface area contributed by atoms with Crippen molar-refractivity contribution in [3.05, 3.63) is 72.4 Å². The Morgan fingerprint density at radius 1 is 0.969 bits per heavy atom. The van der Waals surface area contributed by atoms with Crippen molar-refractivity contribution >= 4 is 27.7 Å². The first-order chi connectivity index (χ1) is 15.4. The number of thioether (sulfide) groups is 1. The molecule has 4 rings (SSSR count). The Balaban J connectivity index is 1.29. The lowest BCUT2D eigenvalue weighted by atomic mass is 10.2. The summed E-state index contributed by atoms with van der Waals surface area (Å²) in [5.74, 6) is 0.260. The molecule has 1 aliphatic rings. The summed E-state index contributed by atoms with van der Waals surface area (Å²) < 4.78 is 28.9. The van der Waals surface area contributed by atoms with Crippen LogP contribution >= 0.6 is 11.8 Å². The molecular formula is C23H26N4O3S2. The summed E-state index contributed by atoms with van der Waals surface area (Å²) >= 11 is 1.40. The highest BCUT2D eigenvalue weighted by Gasteiger charge is 2.29. The zero-order valence-corrected chi connectivity index (χ0v) is 19.6. The first-order valence-corrected chi connectivity index (χ1v) is 13.0. The molecule has 0 aliphatic carbocycles. The van der Waals surface area contributed by atoms with Gasteiger partial charge < -0.3 is 9.47 Å². The molecule has 3 aromatic rings. The van der Waals surface area contributed by atoms with Crippen LogP contribution in [0.4, 0.5) is 0 Å². The van der Waals surface area contributed by atoms with Crippen molar-refractivity contribution in [2.24, 2.45) is 7.05 Å². The van der Waals surface area contributed by atoms with Crippen LogP contribution in [0.1, 0.15) is 5.56 Å². The number of hydrogen-bond acceptors (Lipinski definition) is 5. The molecule has 0 saturated carbocycles. The van der Waals surface area contributed by atoms with Crippen molar-refractivity contribution in [1.29, 1.82) is 0 Å². The van der Waals surface area contributed by atoms with Crippen LogP contribution in [0.25, 0.3) is 11.3 Å². The van der Waals surface area contributed by atoms with Crippen LogP contribution in [0.3, 0.4) is 0 Å². The summed E-state index contributed by atoms with van der Waals surface area (Å²) in [4.78, 5) is 18.9. The van der Waals surface area contributed by atoms with Gasteiger partial charge in [0.1, 0.15) is 0 Å². The second-order valence-electron chi connectivity index (χ2n) is 7.66. The van der Waals surface area contributed by atoms with Gasteiger partial charge in [-0.15, -0.1) is 0 Å². The molecule has 2 aromatic carbocycles. The van der Waals surface area contributed by atoms with Gasteiger partial charge in [0.05, 0.1) is 23.4 Å². The number of imidazole rings is 1. The van der Waals surface area contributed by atoms with Crippen LogP contribution in [-0.4, -0.2) is 65.0 Å². The maximum Gasteiger partial charge on any atom is 0.233 e. The third kappa shape index (κ3) is 5.23. The van der Waals surface area contributed by atoms with Crippen LogP contribution in [0.5, 0.6) is 0 Å². The lowest BCUT2D eigenvalue weighted by molar-refractivity contribution is -0.129. The van der Waals surface area contributed by atoms with Crippen LogP contribution < -0.4 is 0 Å². The average molecular weight is 471 g/mol. The lowest BCUT2D eigenvalue weighted by Crippen LogP contribution is -2.51. The number of piperazine rings is 1. The molecule has 0 N–H and O–H groups in total. The van der Waals surface area contributed by atoms with Crippen molar-refractivity contribution in [2.75, 3.05) is 31.9 Å². The van der Waals surface area contributed by atoms with Gasteiger partial charge in [-0.05, 0) is 11.1 Å². The molecule has 0 atom stereocenters. The van der Waals surface area contributed by atoms with Crippen LogP contribution in [-0.2, 0) is 27.6 Å². The fourth-order valence-electron chi connectivity index (χ4n) is 3.71. The highest BCUT2D eigenvalue weighted by molar-refractivity contribution is 7.99. The van der Waals surface area contributed by atoms with Gasteiger partial charge in [0.2, 0.25) is 15.9 Å². The number of amides is 1. The Kier molecular flexibility index (Phi) is 6.98. The molecule has 168 valence electrons. The minimum absolute atomic E-state index is 0.000585. The quantitative estimate of drug-likeness (QED) is 0.497. The molecule has 1 saturated heterocycles. The number of aromatic nitrogens is 2. The summed E-state index contributed by atoms with van der Waals surface area (Å²) in [6, 6.07) is 19.2. The number of benzene rings is 2. The minimum atomic E-state index is -3.39. The molecule has 0 unspecified atom stereocenters. The van der Waals surface area contributed by atoms with Crippen LogP contribution in [0.2, 0.25) is 0 Å². The van der Waals surface area contributed by atoms with E-state index in [0.29, 0.717) is 26.2 Å². The van der Waals surface area contributed by atoms with E-state index in [2.05, 4.69) is 4.98 Å². The molecule has 9 heteroatoms. The second kappa shape index (κ2) is 9.89. The average Bonchev–Trinajstić information content (AvgIpc) is 3.18. The van der Waals surface area contributed by atoms with E-state index in [9.17, 15) is 13.2 Å². The predicted molar refractivity (Wildman–Crippen MR) is 127 cm³/mol. The standard InChI is InChI=1S/C23H26N4O3S2/c1-25-21(20-10-6-3-7-11-20)16-24-23(25)31-17-22(28)26-12-14-27(15-13-26)32(29,30)18-19-8-4-2-5-9-19/h2-11,16H,12-15,17-18H2,1H3. The van der Waals surface area contributed by atoms with E-state index < -0.39 is 10.0 Å². The molecule has 1 aliphatic heterocycles. The molecule has 1 aromatic heterocycles. The Morgan fingerprint density at radius 2 is 1.59 bits per heavy atom. The lowest BCUT2D eigenvalue weighted by Gasteiger charge is -2.34. The number of carbonyl (C=O) groups excluding carboxylic acids is 1. The van der Waals surface area contributed by atoms with E-state index in [1.807, 2.05) is 78.5 Å².